The highest BCUT2D eigenvalue weighted by molar-refractivity contribution is 6.32. The van der Waals surface area contributed by atoms with Crippen molar-refractivity contribution in [1.82, 2.24) is 15.3 Å². The van der Waals surface area contributed by atoms with Crippen LogP contribution in [0.5, 0.6) is 0 Å². The van der Waals surface area contributed by atoms with Crippen molar-refractivity contribution in [1.29, 1.82) is 0 Å². The molecule has 2 aliphatic carbocycles. The van der Waals surface area contributed by atoms with E-state index in [4.69, 9.17) is 17.3 Å². The van der Waals surface area contributed by atoms with E-state index in [1.54, 1.807) is 0 Å². The number of rotatable bonds is 5. The number of carbonyl (C=O) groups is 2. The van der Waals surface area contributed by atoms with E-state index in [1.807, 2.05) is 18.2 Å². The Morgan fingerprint density at radius 2 is 2.03 bits per heavy atom. The van der Waals surface area contributed by atoms with Gasteiger partial charge in [-0.3, -0.25) is 9.59 Å². The van der Waals surface area contributed by atoms with Crippen molar-refractivity contribution in [3.8, 4) is 0 Å². The van der Waals surface area contributed by atoms with E-state index in [1.165, 1.54) is 6.20 Å². The highest BCUT2D eigenvalue weighted by Crippen LogP contribution is 2.45. The molecule has 0 radical (unpaired) electrons. The Hall–Kier alpha value is -3.13. The molecule has 1 saturated carbocycles. The largest absolute Gasteiger partial charge is 0.369 e. The van der Waals surface area contributed by atoms with Gasteiger partial charge in [-0.1, -0.05) is 29.8 Å². The predicted octanol–water partition coefficient (Wildman–Crippen LogP) is 2.52. The van der Waals surface area contributed by atoms with E-state index in [2.05, 4.69) is 38.1 Å². The lowest BCUT2D eigenvalue weighted by molar-refractivity contribution is -0.123. The first kappa shape index (κ1) is 19.8. The molecule has 1 aromatic carbocycles. The summed E-state index contributed by atoms with van der Waals surface area (Å²) >= 11 is 6.34. The van der Waals surface area contributed by atoms with Crippen molar-refractivity contribution in [3.05, 3.63) is 52.7 Å². The van der Waals surface area contributed by atoms with Crippen LogP contribution in [0.3, 0.4) is 0 Å². The van der Waals surface area contributed by atoms with Gasteiger partial charge in [-0.15, -0.1) is 0 Å². The van der Waals surface area contributed by atoms with E-state index in [0.717, 1.165) is 29.7 Å². The molecule has 5 rings (SSSR count). The molecule has 0 saturated heterocycles. The van der Waals surface area contributed by atoms with Crippen molar-refractivity contribution in [3.63, 3.8) is 0 Å². The molecule has 4 atom stereocenters. The number of amides is 2. The van der Waals surface area contributed by atoms with Gasteiger partial charge in [0.1, 0.15) is 5.02 Å². The van der Waals surface area contributed by atoms with Gasteiger partial charge >= 0.3 is 0 Å². The quantitative estimate of drug-likeness (QED) is 0.532. The lowest BCUT2D eigenvalue weighted by Crippen LogP contribution is -2.41. The van der Waals surface area contributed by atoms with E-state index in [0.29, 0.717) is 29.8 Å². The number of aryl methyl sites for hydroxylation is 1. The first-order chi connectivity index (χ1) is 15.0. The molecular formula is C22H23ClN6O2. The smallest absolute Gasteiger partial charge is 0.229 e. The van der Waals surface area contributed by atoms with Crippen molar-refractivity contribution >= 4 is 40.9 Å². The standard InChI is InChI=1S/C22H23ClN6O2/c23-16-10-26-22(27-15-5-3-11-4-6-17(30)25-9-14(11)8-15)29-21(16)28-19-13-2-1-12(7-13)18(19)20(24)31/h1-3,5,8,10,12-13,18-19H,4,6-7,9H2,(H2,24,31)(H,25,30)(H2,26,27,28,29). The monoisotopic (exact) mass is 438 g/mol. The Morgan fingerprint density at radius 1 is 1.19 bits per heavy atom. The number of nitrogens with one attached hydrogen (secondary N) is 3. The average Bonchev–Trinajstić information content (AvgIpc) is 3.30. The summed E-state index contributed by atoms with van der Waals surface area (Å²) < 4.78 is 0. The first-order valence-corrected chi connectivity index (χ1v) is 10.8. The number of aromatic nitrogens is 2. The van der Waals surface area contributed by atoms with Gasteiger partial charge in [-0.25, -0.2) is 4.98 Å². The van der Waals surface area contributed by atoms with Crippen LogP contribution in [0.2, 0.25) is 5.02 Å². The molecule has 160 valence electrons. The van der Waals surface area contributed by atoms with Gasteiger partial charge in [0.05, 0.1) is 12.1 Å². The third kappa shape index (κ3) is 3.83. The third-order valence-electron chi connectivity index (χ3n) is 6.40. The van der Waals surface area contributed by atoms with Crippen LogP contribution in [0.1, 0.15) is 24.0 Å². The van der Waals surface area contributed by atoms with Crippen LogP contribution >= 0.6 is 11.6 Å². The molecule has 3 aliphatic rings. The molecule has 2 aromatic rings. The van der Waals surface area contributed by atoms with Gasteiger partial charge in [-0.2, -0.15) is 4.98 Å². The SMILES string of the molecule is NC(=O)C1C2C=CC(C2)C1Nc1nc(Nc2ccc3c(c2)CNC(=O)CC3)ncc1Cl. The Bertz CT molecular complexity index is 1090. The molecular weight excluding hydrogens is 416 g/mol. The maximum Gasteiger partial charge on any atom is 0.229 e. The Kier molecular flexibility index (Phi) is 5.02. The van der Waals surface area contributed by atoms with E-state index in [9.17, 15) is 9.59 Å². The van der Waals surface area contributed by atoms with Gasteiger partial charge in [0, 0.05) is 24.7 Å². The predicted molar refractivity (Wildman–Crippen MR) is 118 cm³/mol. The van der Waals surface area contributed by atoms with Crippen LogP contribution in [-0.4, -0.2) is 27.8 Å². The number of hydrogen-bond donors (Lipinski definition) is 4. The number of anilines is 3. The number of nitrogens with two attached hydrogens (primary N) is 1. The summed E-state index contributed by atoms with van der Waals surface area (Å²) in [6.45, 7) is 0.504. The molecule has 1 fully saturated rings. The minimum atomic E-state index is -0.310. The number of carbonyl (C=O) groups excluding carboxylic acids is 2. The van der Waals surface area contributed by atoms with Crippen LogP contribution in [0, 0.1) is 17.8 Å². The summed E-state index contributed by atoms with van der Waals surface area (Å²) in [6, 6.07) is 5.83. The van der Waals surface area contributed by atoms with Gasteiger partial charge in [0.2, 0.25) is 17.8 Å². The molecule has 8 nitrogen and oxygen atoms in total. The molecule has 2 bridgehead atoms. The van der Waals surface area contributed by atoms with E-state index >= 15 is 0 Å². The number of primary amides is 1. The number of benzene rings is 1. The molecule has 1 aromatic heterocycles. The van der Waals surface area contributed by atoms with E-state index in [-0.39, 0.29) is 35.6 Å². The minimum Gasteiger partial charge on any atom is -0.369 e. The summed E-state index contributed by atoms with van der Waals surface area (Å²) in [4.78, 5) is 32.5. The highest BCUT2D eigenvalue weighted by atomic mass is 35.5. The lowest BCUT2D eigenvalue weighted by Gasteiger charge is -2.27. The molecule has 2 amide bonds. The van der Waals surface area contributed by atoms with Crippen molar-refractivity contribution < 1.29 is 9.59 Å². The van der Waals surface area contributed by atoms with Gasteiger partial charge < -0.3 is 21.7 Å². The van der Waals surface area contributed by atoms with E-state index < -0.39 is 0 Å². The zero-order valence-corrected chi connectivity index (χ0v) is 17.5. The molecule has 31 heavy (non-hydrogen) atoms. The number of nitrogens with zero attached hydrogens (tertiary/aromatic N) is 2. The maximum absolute atomic E-state index is 12.0. The van der Waals surface area contributed by atoms with Crippen molar-refractivity contribution in [2.45, 2.75) is 31.8 Å². The van der Waals surface area contributed by atoms with Gasteiger partial charge in [0.15, 0.2) is 5.82 Å². The normalized spacial score (nSPS) is 26.2. The number of fused-ring (bicyclic) bond motifs is 3. The molecule has 9 heteroatoms. The Morgan fingerprint density at radius 3 is 2.87 bits per heavy atom. The maximum atomic E-state index is 12.0. The average molecular weight is 439 g/mol. The molecule has 1 aliphatic heterocycles. The van der Waals surface area contributed by atoms with Crippen molar-refractivity contribution in [2.24, 2.45) is 23.5 Å². The molecule has 4 unspecified atom stereocenters. The second-order valence-corrected chi connectivity index (χ2v) is 8.73. The van der Waals surface area contributed by atoms with Crippen LogP contribution in [0.15, 0.2) is 36.5 Å². The van der Waals surface area contributed by atoms with Crippen LogP contribution < -0.4 is 21.7 Å². The lowest BCUT2D eigenvalue weighted by atomic mass is 9.88. The second kappa shape index (κ2) is 7.85. The van der Waals surface area contributed by atoms with Crippen LogP contribution in [0.25, 0.3) is 0 Å². The summed E-state index contributed by atoms with van der Waals surface area (Å²) in [6.07, 6.45) is 7.87. The third-order valence-corrected chi connectivity index (χ3v) is 6.67. The van der Waals surface area contributed by atoms with Crippen LogP contribution in [0.4, 0.5) is 17.5 Å². The number of allylic oxidation sites excluding steroid dienone is 1. The summed E-state index contributed by atoms with van der Waals surface area (Å²) in [7, 11) is 0. The fourth-order valence-electron chi connectivity index (χ4n) is 4.86. The summed E-state index contributed by atoms with van der Waals surface area (Å²) in [5, 5.41) is 9.83. The zero-order chi connectivity index (χ0) is 21.5. The number of halogens is 1. The minimum absolute atomic E-state index is 0.0622. The second-order valence-electron chi connectivity index (χ2n) is 8.32. The van der Waals surface area contributed by atoms with Gasteiger partial charge in [-0.05, 0) is 47.9 Å². The Balaban J connectivity index is 1.35. The Labute approximate surface area is 184 Å². The number of hydrogen-bond acceptors (Lipinski definition) is 6. The first-order valence-electron chi connectivity index (χ1n) is 10.4. The molecule has 0 spiro atoms. The van der Waals surface area contributed by atoms with Crippen LogP contribution in [-0.2, 0) is 22.6 Å². The molecule has 5 N–H and O–H groups in total. The summed E-state index contributed by atoms with van der Waals surface area (Å²) in [5.41, 5.74) is 8.71. The summed E-state index contributed by atoms with van der Waals surface area (Å²) in [5.74, 6) is 0.722. The topological polar surface area (TPSA) is 122 Å². The fourth-order valence-corrected chi connectivity index (χ4v) is 5.01. The van der Waals surface area contributed by atoms with Gasteiger partial charge in [0.25, 0.3) is 0 Å². The fraction of sp³-hybridized carbons (Fsp3) is 0.364. The van der Waals surface area contributed by atoms with Crippen molar-refractivity contribution in [2.75, 3.05) is 10.6 Å². The molecule has 2 heterocycles. The highest BCUT2D eigenvalue weighted by Gasteiger charge is 2.47. The zero-order valence-electron chi connectivity index (χ0n) is 16.8.